The van der Waals surface area contributed by atoms with Gasteiger partial charge in [-0.05, 0) is 99.2 Å². The van der Waals surface area contributed by atoms with Crippen LogP contribution in [0.3, 0.4) is 0 Å². The number of fused-ring (bicyclic) bond motifs is 1. The van der Waals surface area contributed by atoms with Crippen LogP contribution < -0.4 is 20.1 Å². The molecule has 1 saturated carbocycles. The number of carbonyl (C=O) groups excluding carboxylic acids is 2. The Balaban J connectivity index is 1.38. The van der Waals surface area contributed by atoms with Crippen LogP contribution in [0.1, 0.15) is 55.1 Å². The molecule has 6 heteroatoms. The fourth-order valence-electron chi connectivity index (χ4n) is 4.47. The van der Waals surface area contributed by atoms with E-state index in [1.165, 1.54) is 0 Å². The minimum absolute atomic E-state index is 0.0236. The summed E-state index contributed by atoms with van der Waals surface area (Å²) in [5.41, 5.74) is 4.38. The van der Waals surface area contributed by atoms with Gasteiger partial charge in [0.25, 0.3) is 5.91 Å². The van der Waals surface area contributed by atoms with Crippen molar-refractivity contribution in [1.82, 2.24) is 5.32 Å². The second-order valence-corrected chi connectivity index (χ2v) is 10.4. The smallest absolute Gasteiger partial charge is 0.251 e. The van der Waals surface area contributed by atoms with E-state index in [1.54, 1.807) is 0 Å². The van der Waals surface area contributed by atoms with Gasteiger partial charge < -0.3 is 20.1 Å². The van der Waals surface area contributed by atoms with E-state index in [1.807, 2.05) is 88.4 Å². The molecular weight excluding hydrogens is 440 g/mol. The highest BCUT2D eigenvalue weighted by Gasteiger charge is 2.51. The molecule has 5 rings (SSSR count). The average molecular weight is 471 g/mol. The number of ether oxygens (including phenoxy) is 2. The molecule has 0 aromatic heterocycles. The molecule has 3 aromatic carbocycles. The minimum Gasteiger partial charge on any atom is -0.454 e. The molecule has 0 radical (unpaired) electrons. The molecular formula is C29H30N2O4. The SMILES string of the molecule is Cc1ccc(NC(=O)C2(c3ccc4c(c3)OCO4)CC2)cc1-c1cccc(C(=O)NC(C)(C)C)c1. The van der Waals surface area contributed by atoms with Crippen LogP contribution in [0.5, 0.6) is 11.5 Å². The fraction of sp³-hybridized carbons (Fsp3) is 0.310. The first kappa shape index (κ1) is 23.0. The predicted molar refractivity (Wildman–Crippen MR) is 136 cm³/mol. The molecule has 3 aromatic rings. The van der Waals surface area contributed by atoms with Crippen LogP contribution in [0.15, 0.2) is 60.7 Å². The van der Waals surface area contributed by atoms with Crippen molar-refractivity contribution < 1.29 is 19.1 Å². The van der Waals surface area contributed by atoms with Gasteiger partial charge in [-0.25, -0.2) is 0 Å². The summed E-state index contributed by atoms with van der Waals surface area (Å²) in [7, 11) is 0. The number of rotatable bonds is 5. The van der Waals surface area contributed by atoms with Gasteiger partial charge in [0.05, 0.1) is 5.41 Å². The summed E-state index contributed by atoms with van der Waals surface area (Å²) in [6.45, 7) is 8.12. The molecule has 0 saturated heterocycles. The van der Waals surface area contributed by atoms with Gasteiger partial charge >= 0.3 is 0 Å². The molecule has 0 spiro atoms. The van der Waals surface area contributed by atoms with Gasteiger partial charge in [0, 0.05) is 16.8 Å². The molecule has 0 bridgehead atoms. The van der Waals surface area contributed by atoms with E-state index < -0.39 is 5.41 Å². The first-order valence-electron chi connectivity index (χ1n) is 11.9. The zero-order valence-corrected chi connectivity index (χ0v) is 20.5. The molecule has 180 valence electrons. The molecule has 1 aliphatic heterocycles. The Morgan fingerprint density at radius 3 is 2.43 bits per heavy atom. The normalized spacial score (nSPS) is 15.4. The Hall–Kier alpha value is -3.80. The lowest BCUT2D eigenvalue weighted by Crippen LogP contribution is -2.40. The molecule has 0 unspecified atom stereocenters. The van der Waals surface area contributed by atoms with E-state index in [-0.39, 0.29) is 24.1 Å². The summed E-state index contributed by atoms with van der Waals surface area (Å²) in [6.07, 6.45) is 1.59. The molecule has 1 fully saturated rings. The van der Waals surface area contributed by atoms with E-state index in [0.29, 0.717) is 17.1 Å². The van der Waals surface area contributed by atoms with Crippen LogP contribution in [-0.2, 0) is 10.2 Å². The van der Waals surface area contributed by atoms with Crippen molar-refractivity contribution in [2.75, 3.05) is 12.1 Å². The molecule has 1 heterocycles. The molecule has 2 amide bonds. The predicted octanol–water partition coefficient (Wildman–Crippen LogP) is 5.59. The average Bonchev–Trinajstić information content (AvgIpc) is 3.50. The molecule has 1 aliphatic carbocycles. The lowest BCUT2D eigenvalue weighted by atomic mass is 9.94. The minimum atomic E-state index is -0.545. The maximum atomic E-state index is 13.4. The number of amides is 2. The van der Waals surface area contributed by atoms with Crippen LogP contribution in [0.4, 0.5) is 5.69 Å². The van der Waals surface area contributed by atoms with Gasteiger partial charge in [0.1, 0.15) is 0 Å². The third-order valence-electron chi connectivity index (χ3n) is 6.53. The topological polar surface area (TPSA) is 76.7 Å². The third-order valence-corrected chi connectivity index (χ3v) is 6.53. The van der Waals surface area contributed by atoms with E-state index in [2.05, 4.69) is 10.6 Å². The van der Waals surface area contributed by atoms with Crippen molar-refractivity contribution in [3.8, 4) is 22.6 Å². The Morgan fingerprint density at radius 1 is 0.914 bits per heavy atom. The Kier molecular flexibility index (Phi) is 5.55. The number of anilines is 1. The lowest BCUT2D eigenvalue weighted by Gasteiger charge is -2.21. The Bertz CT molecular complexity index is 1320. The number of hydrogen-bond donors (Lipinski definition) is 2. The first-order valence-corrected chi connectivity index (χ1v) is 11.9. The highest BCUT2D eigenvalue weighted by Crippen LogP contribution is 2.51. The van der Waals surface area contributed by atoms with Crippen LogP contribution >= 0.6 is 0 Å². The van der Waals surface area contributed by atoms with Crippen LogP contribution in [-0.4, -0.2) is 24.1 Å². The number of aryl methyl sites for hydroxylation is 1. The van der Waals surface area contributed by atoms with Gasteiger partial charge in [-0.3, -0.25) is 9.59 Å². The maximum Gasteiger partial charge on any atom is 0.251 e. The molecule has 6 nitrogen and oxygen atoms in total. The summed E-state index contributed by atoms with van der Waals surface area (Å²) in [5, 5.41) is 6.13. The van der Waals surface area contributed by atoms with Gasteiger partial charge in [-0.2, -0.15) is 0 Å². The van der Waals surface area contributed by atoms with Gasteiger partial charge in [0.15, 0.2) is 11.5 Å². The van der Waals surface area contributed by atoms with E-state index >= 15 is 0 Å². The van der Waals surface area contributed by atoms with Gasteiger partial charge in [-0.1, -0.05) is 24.3 Å². The van der Waals surface area contributed by atoms with Crippen molar-refractivity contribution in [3.63, 3.8) is 0 Å². The molecule has 35 heavy (non-hydrogen) atoms. The fourth-order valence-corrected chi connectivity index (χ4v) is 4.47. The van der Waals surface area contributed by atoms with Gasteiger partial charge in [0.2, 0.25) is 12.7 Å². The Morgan fingerprint density at radius 2 is 1.69 bits per heavy atom. The number of nitrogens with one attached hydrogen (secondary N) is 2. The van der Waals surface area contributed by atoms with Crippen molar-refractivity contribution >= 4 is 17.5 Å². The zero-order valence-electron chi connectivity index (χ0n) is 20.5. The monoisotopic (exact) mass is 470 g/mol. The summed E-state index contributed by atoms with van der Waals surface area (Å²) >= 11 is 0. The lowest BCUT2D eigenvalue weighted by molar-refractivity contribution is -0.118. The Labute approximate surface area is 205 Å². The number of carbonyl (C=O) groups is 2. The molecule has 0 atom stereocenters. The van der Waals surface area contributed by atoms with Crippen molar-refractivity contribution in [3.05, 3.63) is 77.4 Å². The molecule has 2 aliphatic rings. The number of hydrogen-bond acceptors (Lipinski definition) is 4. The van der Waals surface area contributed by atoms with Crippen molar-refractivity contribution in [1.29, 1.82) is 0 Å². The van der Waals surface area contributed by atoms with Crippen LogP contribution in [0.2, 0.25) is 0 Å². The van der Waals surface area contributed by atoms with Crippen LogP contribution in [0, 0.1) is 6.92 Å². The van der Waals surface area contributed by atoms with E-state index in [4.69, 9.17) is 9.47 Å². The van der Waals surface area contributed by atoms with Gasteiger partial charge in [-0.15, -0.1) is 0 Å². The summed E-state index contributed by atoms with van der Waals surface area (Å²) in [5.74, 6) is 1.27. The second-order valence-electron chi connectivity index (χ2n) is 10.4. The number of benzene rings is 3. The van der Waals surface area contributed by atoms with Crippen LogP contribution in [0.25, 0.3) is 11.1 Å². The van der Waals surface area contributed by atoms with E-state index in [0.717, 1.165) is 40.8 Å². The van der Waals surface area contributed by atoms with Crippen molar-refractivity contribution in [2.45, 2.75) is 51.5 Å². The summed E-state index contributed by atoms with van der Waals surface area (Å²) < 4.78 is 10.9. The third kappa shape index (κ3) is 4.61. The van der Waals surface area contributed by atoms with Crippen molar-refractivity contribution in [2.24, 2.45) is 0 Å². The highest BCUT2D eigenvalue weighted by molar-refractivity contribution is 6.02. The highest BCUT2D eigenvalue weighted by atomic mass is 16.7. The zero-order chi connectivity index (χ0) is 24.8. The summed E-state index contributed by atoms with van der Waals surface area (Å²) in [4.78, 5) is 26.0. The largest absolute Gasteiger partial charge is 0.454 e. The maximum absolute atomic E-state index is 13.4. The van der Waals surface area contributed by atoms with E-state index in [9.17, 15) is 9.59 Å². The second kappa shape index (κ2) is 8.45. The first-order chi connectivity index (χ1) is 16.6. The standard InChI is InChI=1S/C29H30N2O4/c1-18-8-10-22(16-23(18)19-6-5-7-20(14-19)26(32)31-28(2,3)4)30-27(33)29(12-13-29)21-9-11-24-25(15-21)35-17-34-24/h5-11,14-16H,12-13,17H2,1-4H3,(H,30,33)(H,31,32). The quantitative estimate of drug-likeness (QED) is 0.510. The molecule has 2 N–H and O–H groups in total. The summed E-state index contributed by atoms with van der Waals surface area (Å²) in [6, 6.07) is 19.2.